The van der Waals surface area contributed by atoms with Crippen LogP contribution in [0.2, 0.25) is 5.02 Å². The highest BCUT2D eigenvalue weighted by Gasteiger charge is 2.22. The van der Waals surface area contributed by atoms with Gasteiger partial charge in [-0.15, -0.1) is 0 Å². The monoisotopic (exact) mass is 320 g/mol. The van der Waals surface area contributed by atoms with Crippen molar-refractivity contribution in [1.29, 1.82) is 0 Å². The Balaban J connectivity index is 0.000000238. The Bertz CT molecular complexity index is 660. The van der Waals surface area contributed by atoms with E-state index in [1.54, 1.807) is 24.3 Å². The Morgan fingerprint density at radius 1 is 1.09 bits per heavy atom. The summed E-state index contributed by atoms with van der Waals surface area (Å²) in [5, 5.41) is 13.3. The summed E-state index contributed by atoms with van der Waals surface area (Å²) in [5.41, 5.74) is 0. The summed E-state index contributed by atoms with van der Waals surface area (Å²) >= 11 is 5.71. The first-order valence-corrected chi connectivity index (χ1v) is 7.21. The highest BCUT2D eigenvalue weighted by atomic mass is 35.5. The molecule has 1 unspecified atom stereocenters. The SMILES string of the molecule is CC(O)(CCOC=O)Oc1ccc(Cl)cc1.c1cc2ccc1=2. The first-order valence-electron chi connectivity index (χ1n) is 6.83. The lowest BCUT2D eigenvalue weighted by molar-refractivity contribution is -0.145. The highest BCUT2D eigenvalue weighted by molar-refractivity contribution is 6.30. The average Bonchev–Trinajstić information content (AvgIpc) is 2.46. The number of rotatable bonds is 6. The van der Waals surface area contributed by atoms with Crippen molar-refractivity contribution in [3.8, 4) is 5.75 Å². The summed E-state index contributed by atoms with van der Waals surface area (Å²) < 4.78 is 9.79. The van der Waals surface area contributed by atoms with E-state index in [0.29, 0.717) is 17.2 Å². The zero-order valence-corrected chi connectivity index (χ0v) is 12.9. The van der Waals surface area contributed by atoms with Crippen LogP contribution in [0.3, 0.4) is 0 Å². The van der Waals surface area contributed by atoms with E-state index in [-0.39, 0.29) is 13.0 Å². The second-order valence-corrected chi connectivity index (χ2v) is 5.46. The molecule has 0 radical (unpaired) electrons. The van der Waals surface area contributed by atoms with Gasteiger partial charge in [-0.05, 0) is 34.7 Å². The Morgan fingerprint density at radius 2 is 1.64 bits per heavy atom. The largest absolute Gasteiger partial charge is 0.468 e. The third-order valence-electron chi connectivity index (χ3n) is 3.12. The van der Waals surface area contributed by atoms with E-state index in [4.69, 9.17) is 16.3 Å². The molecule has 116 valence electrons. The number of carbonyl (C=O) groups excluding carboxylic acids is 1. The fraction of sp³-hybridized carbons (Fsp3) is 0.235. The maximum atomic E-state index is 9.93. The minimum atomic E-state index is -1.38. The van der Waals surface area contributed by atoms with Crippen molar-refractivity contribution >= 4 is 18.1 Å². The minimum Gasteiger partial charge on any atom is -0.468 e. The number of aliphatic hydroxyl groups is 1. The van der Waals surface area contributed by atoms with Crippen molar-refractivity contribution in [3.63, 3.8) is 0 Å². The van der Waals surface area contributed by atoms with Crippen LogP contribution in [-0.2, 0) is 9.53 Å². The molecule has 0 bridgehead atoms. The smallest absolute Gasteiger partial charge is 0.293 e. The molecule has 1 atom stereocenters. The van der Waals surface area contributed by atoms with Gasteiger partial charge in [-0.1, -0.05) is 35.9 Å². The first kappa shape index (κ1) is 16.3. The van der Waals surface area contributed by atoms with Gasteiger partial charge in [0.15, 0.2) is 0 Å². The van der Waals surface area contributed by atoms with Gasteiger partial charge in [-0.2, -0.15) is 0 Å². The summed E-state index contributed by atoms with van der Waals surface area (Å²) in [5.74, 6) is -0.878. The molecule has 0 saturated heterocycles. The van der Waals surface area contributed by atoms with E-state index in [9.17, 15) is 9.90 Å². The van der Waals surface area contributed by atoms with E-state index in [2.05, 4.69) is 29.0 Å². The second-order valence-electron chi connectivity index (χ2n) is 5.03. The number of hydrogen-bond donors (Lipinski definition) is 1. The molecule has 2 aliphatic carbocycles. The van der Waals surface area contributed by atoms with Crippen molar-refractivity contribution in [3.05, 3.63) is 64.0 Å². The van der Waals surface area contributed by atoms with Crippen molar-refractivity contribution < 1.29 is 19.4 Å². The summed E-state index contributed by atoms with van der Waals surface area (Å²) in [7, 11) is 0. The van der Waals surface area contributed by atoms with E-state index in [0.717, 1.165) is 0 Å². The van der Waals surface area contributed by atoms with Crippen LogP contribution in [0.5, 0.6) is 5.75 Å². The molecular weight excluding hydrogens is 304 g/mol. The predicted octanol–water partition coefficient (Wildman–Crippen LogP) is 3.28. The van der Waals surface area contributed by atoms with Crippen molar-refractivity contribution in [2.75, 3.05) is 6.61 Å². The number of hydrogen-bond acceptors (Lipinski definition) is 4. The van der Waals surface area contributed by atoms with Gasteiger partial charge in [0.05, 0.1) is 6.61 Å². The summed E-state index contributed by atoms with van der Waals surface area (Å²) in [6.07, 6.45) is 0.189. The number of halogens is 1. The Labute approximate surface area is 133 Å². The van der Waals surface area contributed by atoms with Crippen LogP contribution in [-0.4, -0.2) is 24.0 Å². The van der Waals surface area contributed by atoms with E-state index < -0.39 is 5.79 Å². The second kappa shape index (κ2) is 7.29. The minimum absolute atomic E-state index is 0.101. The molecule has 0 saturated carbocycles. The molecule has 3 rings (SSSR count). The van der Waals surface area contributed by atoms with E-state index in [1.165, 1.54) is 17.4 Å². The maximum absolute atomic E-state index is 9.93. The standard InChI is InChI=1S/C11H13ClO4.C6H4/c1-11(14,6-7-15-8-13)16-10-4-2-9(12)3-5-10;1-2-6-4-3-5(1)6/h2-5,8,14H,6-7H2,1H3;1-4H. The van der Waals surface area contributed by atoms with Gasteiger partial charge >= 0.3 is 0 Å². The molecule has 4 nitrogen and oxygen atoms in total. The van der Waals surface area contributed by atoms with Crippen molar-refractivity contribution in [2.45, 2.75) is 19.1 Å². The predicted molar refractivity (Wildman–Crippen MR) is 83.5 cm³/mol. The van der Waals surface area contributed by atoms with Crippen LogP contribution in [0.4, 0.5) is 0 Å². The number of carbonyl (C=O) groups is 1. The zero-order chi connectivity index (χ0) is 16.0. The van der Waals surface area contributed by atoms with Gasteiger partial charge in [0.1, 0.15) is 5.75 Å². The average molecular weight is 321 g/mol. The van der Waals surface area contributed by atoms with E-state index in [1.807, 2.05) is 0 Å². The lowest BCUT2D eigenvalue weighted by Crippen LogP contribution is -2.33. The van der Waals surface area contributed by atoms with Gasteiger partial charge in [-0.25, -0.2) is 0 Å². The Morgan fingerprint density at radius 3 is 2.05 bits per heavy atom. The molecule has 0 fully saturated rings. The molecule has 0 spiro atoms. The summed E-state index contributed by atoms with van der Waals surface area (Å²) in [4.78, 5) is 9.93. The maximum Gasteiger partial charge on any atom is 0.293 e. The number of benzene rings is 2. The van der Waals surface area contributed by atoms with Crippen LogP contribution < -0.4 is 4.74 Å². The number of ether oxygens (including phenoxy) is 2. The normalized spacial score (nSPS) is 13.2. The summed E-state index contributed by atoms with van der Waals surface area (Å²) in [6.45, 7) is 1.93. The molecule has 1 aromatic rings. The molecule has 22 heavy (non-hydrogen) atoms. The van der Waals surface area contributed by atoms with Crippen LogP contribution in [0.15, 0.2) is 48.5 Å². The third kappa shape index (κ3) is 4.76. The molecule has 5 heteroatoms. The molecular formula is C17H17ClO4. The molecule has 0 amide bonds. The van der Waals surface area contributed by atoms with Gasteiger partial charge in [-0.3, -0.25) is 4.79 Å². The Kier molecular flexibility index (Phi) is 5.41. The lowest BCUT2D eigenvalue weighted by Gasteiger charge is -2.24. The molecule has 1 N–H and O–H groups in total. The zero-order valence-electron chi connectivity index (χ0n) is 12.2. The highest BCUT2D eigenvalue weighted by Crippen LogP contribution is 2.21. The van der Waals surface area contributed by atoms with Crippen LogP contribution in [0.25, 0.3) is 0 Å². The van der Waals surface area contributed by atoms with Crippen LogP contribution >= 0.6 is 11.6 Å². The van der Waals surface area contributed by atoms with Gasteiger partial charge < -0.3 is 14.6 Å². The Hall–Kier alpha value is -2.04. The third-order valence-corrected chi connectivity index (χ3v) is 3.37. The first-order chi connectivity index (χ1) is 10.5. The molecule has 2 aliphatic rings. The lowest BCUT2D eigenvalue weighted by atomic mass is 10.1. The van der Waals surface area contributed by atoms with Crippen molar-refractivity contribution in [1.82, 2.24) is 0 Å². The van der Waals surface area contributed by atoms with Gasteiger partial charge in [0.25, 0.3) is 6.47 Å². The van der Waals surface area contributed by atoms with Crippen molar-refractivity contribution in [2.24, 2.45) is 0 Å². The molecule has 0 aliphatic heterocycles. The van der Waals surface area contributed by atoms with E-state index >= 15 is 0 Å². The van der Waals surface area contributed by atoms with Crippen LogP contribution in [0.1, 0.15) is 13.3 Å². The summed E-state index contributed by atoms with van der Waals surface area (Å²) in [6, 6.07) is 15.1. The topological polar surface area (TPSA) is 55.8 Å². The quantitative estimate of drug-likeness (QED) is 0.430. The molecule has 0 heterocycles. The van der Waals surface area contributed by atoms with Crippen LogP contribution in [0, 0.1) is 10.4 Å². The van der Waals surface area contributed by atoms with Gasteiger partial charge in [0.2, 0.25) is 5.79 Å². The molecule has 1 aromatic carbocycles. The fourth-order valence-corrected chi connectivity index (χ4v) is 1.89. The fourth-order valence-electron chi connectivity index (χ4n) is 1.77. The molecule has 0 aromatic heterocycles. The van der Waals surface area contributed by atoms with Gasteiger partial charge in [0, 0.05) is 18.4 Å².